The Balaban J connectivity index is 2.23. The van der Waals surface area contributed by atoms with Gasteiger partial charge in [-0.05, 0) is 25.1 Å². The molecule has 5 nitrogen and oxygen atoms in total. The maximum absolute atomic E-state index is 13.6. The van der Waals surface area contributed by atoms with Gasteiger partial charge >= 0.3 is 18.2 Å². The van der Waals surface area contributed by atoms with Crippen LogP contribution in [0.4, 0.5) is 28.0 Å². The highest BCUT2D eigenvalue weighted by Gasteiger charge is 2.39. The topological polar surface area (TPSA) is 58.6 Å². The quantitative estimate of drug-likeness (QED) is 0.687. The molecule has 0 saturated carbocycles. The number of urea groups is 1. The standard InChI is InChI=1S/C13H12F4N2O3/c1-7(13(15,16)17)22-11(20)9-6-8(2-3-10(9)14)19-5-4-18-12(19)21/h2-3,6-7H,4-5H2,1H3,(H,18,21). The van der Waals surface area contributed by atoms with Gasteiger partial charge < -0.3 is 10.1 Å². The van der Waals surface area contributed by atoms with Crippen LogP contribution in [0, 0.1) is 5.82 Å². The summed E-state index contributed by atoms with van der Waals surface area (Å²) in [4.78, 5) is 24.4. The van der Waals surface area contributed by atoms with Crippen LogP contribution >= 0.6 is 0 Å². The normalized spacial score (nSPS) is 16.4. The number of alkyl halides is 3. The van der Waals surface area contributed by atoms with Gasteiger partial charge in [-0.1, -0.05) is 0 Å². The van der Waals surface area contributed by atoms with Gasteiger partial charge in [0.15, 0.2) is 6.10 Å². The molecule has 1 aliphatic heterocycles. The highest BCUT2D eigenvalue weighted by molar-refractivity contribution is 5.96. The first-order valence-corrected chi connectivity index (χ1v) is 6.33. The Hall–Kier alpha value is -2.32. The van der Waals surface area contributed by atoms with Crippen LogP contribution in [0.5, 0.6) is 0 Å². The lowest BCUT2D eigenvalue weighted by Gasteiger charge is -2.18. The SMILES string of the molecule is CC(OC(=O)c1cc(N2CCNC2=O)ccc1F)C(F)(F)F. The van der Waals surface area contributed by atoms with Crippen LogP contribution < -0.4 is 10.2 Å². The van der Waals surface area contributed by atoms with Crippen LogP contribution in [0.2, 0.25) is 0 Å². The van der Waals surface area contributed by atoms with E-state index >= 15 is 0 Å². The van der Waals surface area contributed by atoms with E-state index < -0.39 is 35.7 Å². The molecule has 0 spiro atoms. The zero-order valence-electron chi connectivity index (χ0n) is 11.4. The van der Waals surface area contributed by atoms with Crippen molar-refractivity contribution < 1.29 is 31.9 Å². The molecule has 9 heteroatoms. The Bertz CT molecular complexity index is 603. The molecule has 2 amide bonds. The third kappa shape index (κ3) is 3.29. The number of hydrogen-bond donors (Lipinski definition) is 1. The highest BCUT2D eigenvalue weighted by Crippen LogP contribution is 2.25. The monoisotopic (exact) mass is 320 g/mol. The maximum Gasteiger partial charge on any atom is 0.425 e. The Morgan fingerprint density at radius 1 is 1.41 bits per heavy atom. The molecule has 1 aliphatic rings. The van der Waals surface area contributed by atoms with Gasteiger partial charge in [0, 0.05) is 18.8 Å². The van der Waals surface area contributed by atoms with Crippen molar-refractivity contribution in [3.05, 3.63) is 29.6 Å². The van der Waals surface area contributed by atoms with Crippen molar-refractivity contribution in [1.82, 2.24) is 5.32 Å². The van der Waals surface area contributed by atoms with Crippen LogP contribution in [0.1, 0.15) is 17.3 Å². The zero-order chi connectivity index (χ0) is 16.5. The molecule has 1 heterocycles. The van der Waals surface area contributed by atoms with Crippen molar-refractivity contribution >= 4 is 17.7 Å². The molecule has 1 N–H and O–H groups in total. The first-order valence-electron chi connectivity index (χ1n) is 6.33. The summed E-state index contributed by atoms with van der Waals surface area (Å²) in [6.45, 7) is 1.33. The molecule has 1 aromatic rings. The molecule has 1 aromatic carbocycles. The largest absolute Gasteiger partial charge is 0.449 e. The number of halogens is 4. The Labute approximate surface area is 122 Å². The lowest BCUT2D eigenvalue weighted by Crippen LogP contribution is -2.31. The second-order valence-corrected chi connectivity index (χ2v) is 4.64. The molecular formula is C13H12F4N2O3. The zero-order valence-corrected chi connectivity index (χ0v) is 11.4. The molecule has 1 saturated heterocycles. The predicted octanol–water partition coefficient (Wildman–Crippen LogP) is 2.46. The fourth-order valence-electron chi connectivity index (χ4n) is 1.85. The Kier molecular flexibility index (Phi) is 4.25. The van der Waals surface area contributed by atoms with Crippen molar-refractivity contribution in [3.63, 3.8) is 0 Å². The van der Waals surface area contributed by atoms with Crippen LogP contribution in [-0.2, 0) is 4.74 Å². The molecule has 0 aliphatic carbocycles. The predicted molar refractivity (Wildman–Crippen MR) is 68.1 cm³/mol. The van der Waals surface area contributed by atoms with Crippen molar-refractivity contribution in [2.45, 2.75) is 19.2 Å². The summed E-state index contributed by atoms with van der Waals surface area (Å²) in [6.07, 6.45) is -7.10. The molecule has 2 rings (SSSR count). The van der Waals surface area contributed by atoms with E-state index in [2.05, 4.69) is 10.1 Å². The molecule has 1 unspecified atom stereocenters. The summed E-state index contributed by atoms with van der Waals surface area (Å²) in [5, 5.41) is 2.51. The first kappa shape index (κ1) is 16.1. The van der Waals surface area contributed by atoms with Gasteiger partial charge in [-0.3, -0.25) is 4.90 Å². The smallest absolute Gasteiger partial charge is 0.425 e. The summed E-state index contributed by atoms with van der Waals surface area (Å²) >= 11 is 0. The van der Waals surface area contributed by atoms with Crippen LogP contribution in [0.15, 0.2) is 18.2 Å². The minimum Gasteiger partial charge on any atom is -0.449 e. The third-order valence-electron chi connectivity index (χ3n) is 3.08. The van der Waals surface area contributed by atoms with Crippen molar-refractivity contribution in [3.8, 4) is 0 Å². The molecule has 22 heavy (non-hydrogen) atoms. The second-order valence-electron chi connectivity index (χ2n) is 4.64. The van der Waals surface area contributed by atoms with E-state index in [-0.39, 0.29) is 5.69 Å². The maximum atomic E-state index is 13.6. The lowest BCUT2D eigenvalue weighted by molar-refractivity contribution is -0.198. The number of benzene rings is 1. The summed E-state index contributed by atoms with van der Waals surface area (Å²) in [5.41, 5.74) is -0.462. The molecule has 0 aromatic heterocycles. The highest BCUT2D eigenvalue weighted by atomic mass is 19.4. The van der Waals surface area contributed by atoms with E-state index in [1.165, 1.54) is 11.0 Å². The molecule has 0 bridgehead atoms. The minimum atomic E-state index is -4.74. The van der Waals surface area contributed by atoms with Gasteiger partial charge in [-0.25, -0.2) is 14.0 Å². The lowest BCUT2D eigenvalue weighted by atomic mass is 10.1. The summed E-state index contributed by atoms with van der Waals surface area (Å²) in [6, 6.07) is 2.71. The number of nitrogens with one attached hydrogen (secondary N) is 1. The van der Waals surface area contributed by atoms with Gasteiger partial charge in [-0.2, -0.15) is 13.2 Å². The van der Waals surface area contributed by atoms with E-state index in [4.69, 9.17) is 0 Å². The average molecular weight is 320 g/mol. The van der Waals surface area contributed by atoms with Crippen molar-refractivity contribution in [2.24, 2.45) is 0 Å². The van der Waals surface area contributed by atoms with Gasteiger partial charge in [-0.15, -0.1) is 0 Å². The second kappa shape index (κ2) is 5.82. The molecule has 1 fully saturated rings. The van der Waals surface area contributed by atoms with Gasteiger partial charge in [0.1, 0.15) is 5.82 Å². The van der Waals surface area contributed by atoms with Gasteiger partial charge in [0.2, 0.25) is 0 Å². The van der Waals surface area contributed by atoms with E-state index in [1.54, 1.807) is 0 Å². The summed E-state index contributed by atoms with van der Waals surface area (Å²) in [5.74, 6) is -2.47. The third-order valence-corrected chi connectivity index (χ3v) is 3.08. The first-order chi connectivity index (χ1) is 10.2. The number of amides is 2. The van der Waals surface area contributed by atoms with Crippen LogP contribution in [0.25, 0.3) is 0 Å². The number of carbonyl (C=O) groups is 2. The van der Waals surface area contributed by atoms with E-state index in [9.17, 15) is 27.2 Å². The van der Waals surface area contributed by atoms with E-state index in [0.29, 0.717) is 20.0 Å². The van der Waals surface area contributed by atoms with Crippen molar-refractivity contribution in [1.29, 1.82) is 0 Å². The fourth-order valence-corrected chi connectivity index (χ4v) is 1.85. The number of carbonyl (C=O) groups excluding carboxylic acids is 2. The molecule has 1 atom stereocenters. The number of ether oxygens (including phenoxy) is 1. The molecular weight excluding hydrogens is 308 g/mol. The number of esters is 1. The fraction of sp³-hybridized carbons (Fsp3) is 0.385. The average Bonchev–Trinajstić information content (AvgIpc) is 2.84. The van der Waals surface area contributed by atoms with Gasteiger partial charge in [0.05, 0.1) is 5.56 Å². The Morgan fingerprint density at radius 2 is 2.09 bits per heavy atom. The van der Waals surface area contributed by atoms with Gasteiger partial charge in [0.25, 0.3) is 0 Å². The van der Waals surface area contributed by atoms with E-state index in [1.807, 2.05) is 0 Å². The van der Waals surface area contributed by atoms with E-state index in [0.717, 1.165) is 12.1 Å². The van der Waals surface area contributed by atoms with Crippen LogP contribution in [-0.4, -0.2) is 37.4 Å². The number of nitrogens with zero attached hydrogens (tertiary/aromatic N) is 1. The Morgan fingerprint density at radius 3 is 2.64 bits per heavy atom. The minimum absolute atomic E-state index is 0.197. The van der Waals surface area contributed by atoms with Crippen LogP contribution in [0.3, 0.4) is 0 Å². The molecule has 0 radical (unpaired) electrons. The molecule has 120 valence electrons. The number of hydrogen-bond acceptors (Lipinski definition) is 3. The van der Waals surface area contributed by atoms with Crippen molar-refractivity contribution in [2.75, 3.05) is 18.0 Å². The summed E-state index contributed by atoms with van der Waals surface area (Å²) in [7, 11) is 0. The number of anilines is 1. The number of rotatable bonds is 3. The summed E-state index contributed by atoms with van der Waals surface area (Å²) < 4.78 is 55.0.